The topological polar surface area (TPSA) is 84.7 Å². The quantitative estimate of drug-likeness (QED) is 0.667. The Kier molecular flexibility index (Phi) is 4.84. The van der Waals surface area contributed by atoms with Crippen molar-refractivity contribution in [2.45, 2.75) is 32.4 Å². The van der Waals surface area contributed by atoms with Gasteiger partial charge in [-0.15, -0.1) is 0 Å². The summed E-state index contributed by atoms with van der Waals surface area (Å²) in [5.74, 6) is -0.874. The first-order chi connectivity index (χ1) is 10.7. The van der Waals surface area contributed by atoms with Gasteiger partial charge in [0.2, 0.25) is 5.82 Å². The van der Waals surface area contributed by atoms with Gasteiger partial charge in [-0.1, -0.05) is 12.1 Å². The summed E-state index contributed by atoms with van der Waals surface area (Å²) in [6.07, 6.45) is -0.477. The molecular formula is C15H20FN3O4. The van der Waals surface area contributed by atoms with E-state index in [1.54, 1.807) is 20.8 Å². The van der Waals surface area contributed by atoms with E-state index in [4.69, 9.17) is 4.74 Å². The first-order valence-corrected chi connectivity index (χ1v) is 7.33. The van der Waals surface area contributed by atoms with E-state index in [1.807, 2.05) is 0 Å². The van der Waals surface area contributed by atoms with E-state index in [-0.39, 0.29) is 12.1 Å². The molecule has 1 aliphatic heterocycles. The van der Waals surface area contributed by atoms with Gasteiger partial charge < -0.3 is 15.0 Å². The summed E-state index contributed by atoms with van der Waals surface area (Å²) in [4.78, 5) is 23.7. The van der Waals surface area contributed by atoms with Crippen molar-refractivity contribution in [3.63, 3.8) is 0 Å². The summed E-state index contributed by atoms with van der Waals surface area (Å²) in [5.41, 5.74) is -1.01. The zero-order valence-corrected chi connectivity index (χ0v) is 13.3. The summed E-state index contributed by atoms with van der Waals surface area (Å²) in [6, 6.07) is 3.52. The Morgan fingerprint density at radius 3 is 2.78 bits per heavy atom. The Hall–Kier alpha value is -2.22. The average molecular weight is 325 g/mol. The number of nitrogens with zero attached hydrogens (tertiary/aromatic N) is 2. The molecule has 1 aromatic rings. The van der Waals surface area contributed by atoms with Crippen LogP contribution in [0.15, 0.2) is 18.2 Å². The van der Waals surface area contributed by atoms with Crippen molar-refractivity contribution >= 4 is 11.8 Å². The van der Waals surface area contributed by atoms with Crippen LogP contribution in [0, 0.1) is 15.9 Å². The Labute approximate surface area is 133 Å². The van der Waals surface area contributed by atoms with Crippen molar-refractivity contribution in [1.82, 2.24) is 10.2 Å². The molecule has 0 radical (unpaired) electrons. The van der Waals surface area contributed by atoms with Crippen LogP contribution in [0.2, 0.25) is 0 Å². The summed E-state index contributed by atoms with van der Waals surface area (Å²) >= 11 is 0. The van der Waals surface area contributed by atoms with Crippen molar-refractivity contribution < 1.29 is 18.8 Å². The number of hydrogen-bond acceptors (Lipinski definition) is 5. The predicted octanol–water partition coefficient (Wildman–Crippen LogP) is 2.62. The molecule has 1 atom stereocenters. The van der Waals surface area contributed by atoms with Crippen molar-refractivity contribution in [3.8, 4) is 0 Å². The fourth-order valence-electron chi connectivity index (χ4n) is 2.40. The molecule has 2 rings (SSSR count). The number of ether oxygens (including phenoxy) is 1. The standard InChI is InChI=1S/C15H20FN3O4/c1-15(2,3)23-14(20)18-8-7-17-11(9-18)10-5-4-6-12(13(10)16)19(21)22/h4-6,11,17H,7-9H2,1-3H3. The molecule has 0 aliphatic carbocycles. The SMILES string of the molecule is CC(C)(C)OC(=O)N1CCNC(c2cccc([N+](=O)[O-])c2F)C1. The second kappa shape index (κ2) is 6.49. The largest absolute Gasteiger partial charge is 0.444 e. The molecular weight excluding hydrogens is 305 g/mol. The number of nitro benzene ring substituents is 1. The smallest absolute Gasteiger partial charge is 0.410 e. The van der Waals surface area contributed by atoms with Crippen LogP contribution in [0.1, 0.15) is 32.4 Å². The van der Waals surface area contributed by atoms with Gasteiger partial charge >= 0.3 is 11.8 Å². The van der Waals surface area contributed by atoms with Crippen LogP contribution >= 0.6 is 0 Å². The Balaban J connectivity index is 2.17. The van der Waals surface area contributed by atoms with Crippen molar-refractivity contribution in [2.75, 3.05) is 19.6 Å². The van der Waals surface area contributed by atoms with Crippen LogP contribution < -0.4 is 5.32 Å². The number of amides is 1. The van der Waals surface area contributed by atoms with E-state index in [1.165, 1.54) is 17.0 Å². The first-order valence-electron chi connectivity index (χ1n) is 7.33. The second-order valence-electron chi connectivity index (χ2n) is 6.37. The lowest BCUT2D eigenvalue weighted by Crippen LogP contribution is -2.49. The number of rotatable bonds is 2. The lowest BCUT2D eigenvalue weighted by Gasteiger charge is -2.35. The van der Waals surface area contributed by atoms with Gasteiger partial charge in [-0.3, -0.25) is 10.1 Å². The minimum atomic E-state index is -0.874. The van der Waals surface area contributed by atoms with E-state index in [0.29, 0.717) is 13.1 Å². The highest BCUT2D eigenvalue weighted by atomic mass is 19.1. The molecule has 1 aliphatic rings. The number of piperazine rings is 1. The predicted molar refractivity (Wildman–Crippen MR) is 81.6 cm³/mol. The van der Waals surface area contributed by atoms with Crippen LogP contribution in [0.4, 0.5) is 14.9 Å². The van der Waals surface area contributed by atoms with Crippen LogP contribution in [0.3, 0.4) is 0 Å². The lowest BCUT2D eigenvalue weighted by atomic mass is 10.0. The Morgan fingerprint density at radius 1 is 1.48 bits per heavy atom. The van der Waals surface area contributed by atoms with E-state index < -0.39 is 34.2 Å². The fraction of sp³-hybridized carbons (Fsp3) is 0.533. The first kappa shape index (κ1) is 17.1. The van der Waals surface area contributed by atoms with Gasteiger partial charge in [0.05, 0.1) is 11.0 Å². The summed E-state index contributed by atoms with van der Waals surface area (Å²) in [6.45, 7) is 6.38. The molecule has 23 heavy (non-hydrogen) atoms. The maximum atomic E-state index is 14.3. The van der Waals surface area contributed by atoms with Gasteiger partial charge in [0.1, 0.15) is 5.60 Å². The van der Waals surface area contributed by atoms with Crippen LogP contribution in [0.25, 0.3) is 0 Å². The molecule has 126 valence electrons. The third-order valence-electron chi connectivity index (χ3n) is 3.41. The summed E-state index contributed by atoms with van der Waals surface area (Å²) < 4.78 is 19.6. The molecule has 1 saturated heterocycles. The second-order valence-corrected chi connectivity index (χ2v) is 6.37. The third kappa shape index (κ3) is 4.16. The average Bonchev–Trinajstić information content (AvgIpc) is 2.45. The Bertz CT molecular complexity index is 615. The molecule has 1 fully saturated rings. The van der Waals surface area contributed by atoms with Crippen LogP contribution in [-0.4, -0.2) is 41.2 Å². The van der Waals surface area contributed by atoms with Crippen molar-refractivity contribution in [1.29, 1.82) is 0 Å². The third-order valence-corrected chi connectivity index (χ3v) is 3.41. The minimum Gasteiger partial charge on any atom is -0.444 e. The highest BCUT2D eigenvalue weighted by Crippen LogP contribution is 2.27. The number of carbonyl (C=O) groups is 1. The van der Waals surface area contributed by atoms with Gasteiger partial charge in [-0.05, 0) is 20.8 Å². The lowest BCUT2D eigenvalue weighted by molar-refractivity contribution is -0.387. The molecule has 1 heterocycles. The number of hydrogen-bond donors (Lipinski definition) is 1. The van der Waals surface area contributed by atoms with Crippen LogP contribution in [-0.2, 0) is 4.74 Å². The molecule has 0 saturated carbocycles. The molecule has 0 aromatic heterocycles. The van der Waals surface area contributed by atoms with E-state index in [9.17, 15) is 19.3 Å². The molecule has 8 heteroatoms. The zero-order valence-electron chi connectivity index (χ0n) is 13.3. The van der Waals surface area contributed by atoms with Crippen molar-refractivity contribution in [3.05, 3.63) is 39.7 Å². The van der Waals surface area contributed by atoms with Gasteiger partial charge in [0.15, 0.2) is 0 Å². The number of nitrogens with one attached hydrogen (secondary N) is 1. The zero-order chi connectivity index (χ0) is 17.2. The fourth-order valence-corrected chi connectivity index (χ4v) is 2.40. The molecule has 1 amide bonds. The van der Waals surface area contributed by atoms with Gasteiger partial charge in [0.25, 0.3) is 0 Å². The molecule has 1 N–H and O–H groups in total. The van der Waals surface area contributed by atoms with E-state index >= 15 is 0 Å². The normalized spacial score (nSPS) is 18.6. The molecule has 1 aromatic carbocycles. The van der Waals surface area contributed by atoms with Gasteiger partial charge in [0, 0.05) is 31.3 Å². The van der Waals surface area contributed by atoms with Crippen LogP contribution in [0.5, 0.6) is 0 Å². The number of benzene rings is 1. The number of halogens is 1. The number of carbonyl (C=O) groups excluding carboxylic acids is 1. The number of nitro groups is 1. The van der Waals surface area contributed by atoms with Gasteiger partial charge in [-0.2, -0.15) is 4.39 Å². The van der Waals surface area contributed by atoms with Gasteiger partial charge in [-0.25, -0.2) is 4.79 Å². The maximum Gasteiger partial charge on any atom is 0.410 e. The molecule has 7 nitrogen and oxygen atoms in total. The minimum absolute atomic E-state index is 0.174. The highest BCUT2D eigenvalue weighted by Gasteiger charge is 2.31. The highest BCUT2D eigenvalue weighted by molar-refractivity contribution is 5.68. The monoisotopic (exact) mass is 325 g/mol. The Morgan fingerprint density at radius 2 is 2.17 bits per heavy atom. The maximum absolute atomic E-state index is 14.3. The van der Waals surface area contributed by atoms with E-state index in [2.05, 4.69) is 5.32 Å². The summed E-state index contributed by atoms with van der Waals surface area (Å²) in [7, 11) is 0. The molecule has 1 unspecified atom stereocenters. The molecule has 0 spiro atoms. The summed E-state index contributed by atoms with van der Waals surface area (Å²) in [5, 5.41) is 13.9. The van der Waals surface area contributed by atoms with Crippen molar-refractivity contribution in [2.24, 2.45) is 0 Å². The molecule has 0 bridgehead atoms. The van der Waals surface area contributed by atoms with E-state index in [0.717, 1.165) is 6.07 Å².